The van der Waals surface area contributed by atoms with Crippen LogP contribution in [0.15, 0.2) is 91.0 Å². The van der Waals surface area contributed by atoms with E-state index in [4.69, 9.17) is 4.74 Å². The van der Waals surface area contributed by atoms with Gasteiger partial charge in [-0.2, -0.15) is 5.26 Å². The quantitative estimate of drug-likeness (QED) is 0.202. The molecule has 0 bridgehead atoms. The third-order valence-corrected chi connectivity index (χ3v) is 10.1. The lowest BCUT2D eigenvalue weighted by Gasteiger charge is -2.40. The molecule has 5 aromatic rings. The number of nitrogens with zero attached hydrogens (tertiary/aromatic N) is 5. The van der Waals surface area contributed by atoms with Gasteiger partial charge in [-0.15, -0.1) is 0 Å². The van der Waals surface area contributed by atoms with Crippen LogP contribution in [0.3, 0.4) is 0 Å². The lowest BCUT2D eigenvalue weighted by molar-refractivity contribution is 0.0193. The van der Waals surface area contributed by atoms with Crippen LogP contribution in [0.5, 0.6) is 5.75 Å². The van der Waals surface area contributed by atoms with E-state index in [0.717, 1.165) is 24.7 Å². The van der Waals surface area contributed by atoms with Gasteiger partial charge in [0.2, 0.25) is 0 Å². The molecule has 2 aliphatic rings. The number of aromatic nitrogens is 1. The average molecular weight is 702 g/mol. The molecule has 1 aromatic heterocycles. The van der Waals surface area contributed by atoms with Crippen LogP contribution >= 0.6 is 0 Å². The van der Waals surface area contributed by atoms with Gasteiger partial charge in [0.05, 0.1) is 30.0 Å². The van der Waals surface area contributed by atoms with Crippen molar-refractivity contribution in [2.75, 3.05) is 37.7 Å². The zero-order chi connectivity index (χ0) is 36.5. The van der Waals surface area contributed by atoms with Gasteiger partial charge in [-0.25, -0.2) is 8.78 Å². The van der Waals surface area contributed by atoms with Gasteiger partial charge in [0.25, 0.3) is 11.8 Å². The highest BCUT2D eigenvalue weighted by atomic mass is 19.1. The Hall–Kier alpha value is -5.83. The van der Waals surface area contributed by atoms with Gasteiger partial charge in [-0.3, -0.25) is 19.4 Å². The van der Waals surface area contributed by atoms with Crippen molar-refractivity contribution in [3.05, 3.63) is 136 Å². The second-order valence-electron chi connectivity index (χ2n) is 13.2. The Morgan fingerprint density at radius 3 is 2.37 bits per heavy atom. The number of hydrogen-bond donors (Lipinski definition) is 1. The first-order chi connectivity index (χ1) is 25.1. The lowest BCUT2D eigenvalue weighted by Crippen LogP contribution is -2.52. The summed E-state index contributed by atoms with van der Waals surface area (Å²) in [4.78, 5) is 34.7. The Kier molecular flexibility index (Phi) is 9.60. The fourth-order valence-corrected chi connectivity index (χ4v) is 7.16. The smallest absolute Gasteiger partial charge is 0.264 e. The van der Waals surface area contributed by atoms with E-state index in [9.17, 15) is 24.3 Å². The average Bonchev–Trinajstić information content (AvgIpc) is 3.46. The first kappa shape index (κ1) is 34.6. The molecular formula is C41H37F2N5O4. The lowest BCUT2D eigenvalue weighted by atomic mass is 9.92. The normalized spacial score (nSPS) is 15.9. The van der Waals surface area contributed by atoms with E-state index < -0.39 is 17.5 Å². The van der Waals surface area contributed by atoms with Gasteiger partial charge in [-0.1, -0.05) is 24.3 Å². The maximum Gasteiger partial charge on any atom is 0.264 e. The molecule has 1 atom stereocenters. The molecule has 0 unspecified atom stereocenters. The second-order valence-corrected chi connectivity index (χ2v) is 13.2. The van der Waals surface area contributed by atoms with Crippen molar-refractivity contribution in [1.29, 1.82) is 5.26 Å². The number of anilines is 2. The number of phenols is 1. The summed E-state index contributed by atoms with van der Waals surface area (Å²) in [5.41, 5.74) is 4.49. The number of amides is 2. The van der Waals surface area contributed by atoms with E-state index in [2.05, 4.69) is 11.0 Å². The molecular weight excluding hydrogens is 664 g/mol. The monoisotopic (exact) mass is 701 g/mol. The molecule has 1 N–H and O–H groups in total. The highest BCUT2D eigenvalue weighted by Crippen LogP contribution is 2.36. The molecule has 2 amide bonds. The topological polar surface area (TPSA) is 102 Å². The van der Waals surface area contributed by atoms with Crippen molar-refractivity contribution in [3.8, 4) is 23.1 Å². The zero-order valence-corrected chi connectivity index (χ0v) is 28.9. The molecule has 7 rings (SSSR count). The van der Waals surface area contributed by atoms with Crippen molar-refractivity contribution in [3.63, 3.8) is 0 Å². The molecule has 264 valence electrons. The minimum Gasteiger partial charge on any atom is -0.508 e. The van der Waals surface area contributed by atoms with E-state index >= 15 is 4.39 Å². The van der Waals surface area contributed by atoms with Crippen LogP contribution in [0, 0.1) is 29.9 Å². The number of rotatable bonds is 7. The Morgan fingerprint density at radius 1 is 0.923 bits per heavy atom. The highest BCUT2D eigenvalue weighted by molar-refractivity contribution is 6.12. The molecule has 3 heterocycles. The molecule has 0 radical (unpaired) electrons. The summed E-state index contributed by atoms with van der Waals surface area (Å²) in [7, 11) is 1.75. The number of halogens is 2. The van der Waals surface area contributed by atoms with E-state index in [-0.39, 0.29) is 34.5 Å². The van der Waals surface area contributed by atoms with Crippen LogP contribution in [0.2, 0.25) is 0 Å². The minimum absolute atomic E-state index is 0.0150. The predicted molar refractivity (Wildman–Crippen MR) is 192 cm³/mol. The van der Waals surface area contributed by atoms with E-state index in [1.54, 1.807) is 24.6 Å². The molecule has 1 fully saturated rings. The predicted octanol–water partition coefficient (Wildman–Crippen LogP) is 6.73. The highest BCUT2D eigenvalue weighted by Gasteiger charge is 2.34. The summed E-state index contributed by atoms with van der Waals surface area (Å²) >= 11 is 0. The van der Waals surface area contributed by atoms with Crippen molar-refractivity contribution < 1.29 is 28.2 Å². The fourth-order valence-electron chi connectivity index (χ4n) is 7.16. The van der Waals surface area contributed by atoms with Crippen LogP contribution in [0.1, 0.15) is 43.1 Å². The van der Waals surface area contributed by atoms with E-state index in [1.165, 1.54) is 65.1 Å². The summed E-state index contributed by atoms with van der Waals surface area (Å²) in [6.07, 6.45) is 0.682. The van der Waals surface area contributed by atoms with Crippen LogP contribution in [-0.2, 0) is 24.8 Å². The van der Waals surface area contributed by atoms with Gasteiger partial charge in [0.15, 0.2) is 0 Å². The number of phenolic OH excluding ortho intramolecular Hbond substituents is 1. The standard InChI is InChI=1S/C41H37F2N5O4/c1-26-36(41(51)48(31-8-11-34(49)12-9-31)32-10-14-38(43)29(20-32)23-44)22-39(45(26)2)37-21-30(42)7-13-35(37)40(50)47-24-28-6-4-3-5-27(28)19-33(47)25-46-15-17-52-18-16-46/h3-14,20-22,33,49H,15-19,24-25H2,1-2H3/t33-/m0/s1. The number of nitriles is 1. The number of aromatic hydroxyl groups is 1. The molecule has 11 heteroatoms. The summed E-state index contributed by atoms with van der Waals surface area (Å²) in [5.74, 6) is -2.03. The van der Waals surface area contributed by atoms with Crippen LogP contribution in [0.4, 0.5) is 20.2 Å². The van der Waals surface area contributed by atoms with Crippen molar-refractivity contribution in [1.82, 2.24) is 14.4 Å². The Bertz CT molecular complexity index is 2200. The first-order valence-electron chi connectivity index (χ1n) is 17.1. The van der Waals surface area contributed by atoms with Crippen molar-refractivity contribution in [2.24, 2.45) is 7.05 Å². The maximum atomic E-state index is 15.1. The van der Waals surface area contributed by atoms with Gasteiger partial charge in [0, 0.05) is 67.5 Å². The third-order valence-electron chi connectivity index (χ3n) is 10.1. The maximum absolute atomic E-state index is 15.1. The SMILES string of the molecule is Cc1c(C(=O)N(c2ccc(O)cc2)c2ccc(F)c(C#N)c2)cc(-c2cc(F)ccc2C(=O)N2Cc3ccccc3C[C@H]2CN2CCOCC2)n1C. The number of carbonyl (C=O) groups excluding carboxylic acids is 2. The molecule has 0 spiro atoms. The molecule has 9 nitrogen and oxygen atoms in total. The molecule has 4 aromatic carbocycles. The van der Waals surface area contributed by atoms with Gasteiger partial charge in [-0.05, 0) is 91.2 Å². The number of carbonyl (C=O) groups is 2. The van der Waals surface area contributed by atoms with Gasteiger partial charge >= 0.3 is 0 Å². The molecule has 0 aliphatic carbocycles. The second kappa shape index (κ2) is 14.4. The summed E-state index contributed by atoms with van der Waals surface area (Å²) in [6.45, 7) is 5.65. The summed E-state index contributed by atoms with van der Waals surface area (Å²) < 4.78 is 36.8. The zero-order valence-electron chi connectivity index (χ0n) is 28.9. The number of ether oxygens (including phenoxy) is 1. The van der Waals surface area contributed by atoms with Crippen LogP contribution < -0.4 is 4.90 Å². The summed E-state index contributed by atoms with van der Waals surface area (Å²) in [5, 5.41) is 19.5. The van der Waals surface area contributed by atoms with Crippen LogP contribution in [0.25, 0.3) is 11.3 Å². The van der Waals surface area contributed by atoms with Crippen LogP contribution in [-0.4, -0.2) is 70.2 Å². The van der Waals surface area contributed by atoms with Gasteiger partial charge < -0.3 is 19.3 Å². The molecule has 0 saturated carbocycles. The fraction of sp³-hybridized carbons (Fsp3) is 0.244. The first-order valence-corrected chi connectivity index (χ1v) is 17.1. The summed E-state index contributed by atoms with van der Waals surface area (Å²) in [6, 6.07) is 25.3. The number of hydrogen-bond acceptors (Lipinski definition) is 6. The molecule has 2 aliphatic heterocycles. The largest absolute Gasteiger partial charge is 0.508 e. The van der Waals surface area contributed by atoms with Gasteiger partial charge in [0.1, 0.15) is 23.5 Å². The Balaban J connectivity index is 1.29. The van der Waals surface area contributed by atoms with Crippen molar-refractivity contribution in [2.45, 2.75) is 25.9 Å². The molecule has 1 saturated heterocycles. The Morgan fingerprint density at radius 2 is 1.63 bits per heavy atom. The van der Waals surface area contributed by atoms with Crippen molar-refractivity contribution >= 4 is 23.2 Å². The number of fused-ring (bicyclic) bond motifs is 1. The number of benzene rings is 4. The molecule has 52 heavy (non-hydrogen) atoms. The minimum atomic E-state index is -0.727. The van der Waals surface area contributed by atoms with E-state index in [1.807, 2.05) is 29.2 Å². The number of morpholine rings is 1. The van der Waals surface area contributed by atoms with E-state index in [0.29, 0.717) is 60.9 Å². The third kappa shape index (κ3) is 6.66. The Labute approximate surface area is 300 Å².